The molecule has 1 aliphatic heterocycles. The number of benzene rings is 1. The van der Waals surface area contributed by atoms with Gasteiger partial charge in [0.2, 0.25) is 0 Å². The molecule has 10 heteroatoms. The molecule has 0 aliphatic carbocycles. The molecule has 1 aromatic carbocycles. The molecular formula is C26H28N6O3S. The van der Waals surface area contributed by atoms with Crippen molar-refractivity contribution in [3.8, 4) is 0 Å². The summed E-state index contributed by atoms with van der Waals surface area (Å²) in [6.45, 7) is 2.59. The summed E-state index contributed by atoms with van der Waals surface area (Å²) in [5.41, 5.74) is 3.15. The zero-order valence-electron chi connectivity index (χ0n) is 20.0. The van der Waals surface area contributed by atoms with Gasteiger partial charge in [0.1, 0.15) is 17.9 Å². The van der Waals surface area contributed by atoms with Crippen molar-refractivity contribution < 1.29 is 13.5 Å². The van der Waals surface area contributed by atoms with Crippen LogP contribution in [-0.2, 0) is 30.2 Å². The summed E-state index contributed by atoms with van der Waals surface area (Å²) in [4.78, 5) is 11.8. The number of aromatic nitrogens is 5. The van der Waals surface area contributed by atoms with Crippen LogP contribution < -0.4 is 0 Å². The standard InChI is InChI=1S/C26H28N6O3S/c1-29-11-7-19(16-29)17-30-12-8-20(9-13-30)32-24(18-33)28-23-15-27-26-22(25(23)32)10-14-31(26)36(34,35)21-5-3-2-4-6-21/h2-7,10-11,14-16,20,33H,8-9,12-13,17-18H2,1H3. The van der Waals surface area contributed by atoms with E-state index in [1.807, 2.05) is 7.05 Å². The first-order valence-electron chi connectivity index (χ1n) is 12.1. The minimum absolute atomic E-state index is 0.156. The normalized spacial score (nSPS) is 15.8. The van der Waals surface area contributed by atoms with Crippen molar-refractivity contribution >= 4 is 32.1 Å². The number of hydrogen-bond donors (Lipinski definition) is 1. The molecule has 0 atom stereocenters. The number of pyridine rings is 1. The average molecular weight is 505 g/mol. The summed E-state index contributed by atoms with van der Waals surface area (Å²) >= 11 is 0. The molecule has 186 valence electrons. The van der Waals surface area contributed by atoms with Crippen LogP contribution in [0.5, 0.6) is 0 Å². The second-order valence-corrected chi connectivity index (χ2v) is 11.2. The second kappa shape index (κ2) is 8.88. The highest BCUT2D eigenvalue weighted by molar-refractivity contribution is 7.90. The van der Waals surface area contributed by atoms with E-state index in [-0.39, 0.29) is 17.5 Å². The summed E-state index contributed by atoms with van der Waals surface area (Å²) in [6.07, 6.45) is 9.21. The highest BCUT2D eigenvalue weighted by atomic mass is 32.2. The van der Waals surface area contributed by atoms with Gasteiger partial charge in [-0.25, -0.2) is 22.4 Å². The summed E-state index contributed by atoms with van der Waals surface area (Å²) in [7, 11) is -1.76. The fraction of sp³-hybridized carbons (Fsp3) is 0.308. The van der Waals surface area contributed by atoms with E-state index >= 15 is 0 Å². The number of likely N-dealkylation sites (tertiary alicyclic amines) is 1. The van der Waals surface area contributed by atoms with Gasteiger partial charge in [-0.3, -0.25) is 4.90 Å². The third kappa shape index (κ3) is 3.82. The fourth-order valence-corrected chi connectivity index (χ4v) is 6.67. The molecule has 0 spiro atoms. The van der Waals surface area contributed by atoms with Gasteiger partial charge >= 0.3 is 0 Å². The number of piperidine rings is 1. The summed E-state index contributed by atoms with van der Waals surface area (Å²) in [6, 6.07) is 12.5. The van der Waals surface area contributed by atoms with Crippen LogP contribution in [0, 0.1) is 0 Å². The van der Waals surface area contributed by atoms with Gasteiger partial charge in [-0.2, -0.15) is 0 Å². The molecule has 0 amide bonds. The average Bonchev–Trinajstić information content (AvgIpc) is 3.61. The lowest BCUT2D eigenvalue weighted by molar-refractivity contribution is 0.174. The first-order chi connectivity index (χ1) is 17.5. The predicted molar refractivity (Wildman–Crippen MR) is 137 cm³/mol. The van der Waals surface area contributed by atoms with Gasteiger partial charge < -0.3 is 14.2 Å². The number of rotatable bonds is 6. The minimum Gasteiger partial charge on any atom is -0.388 e. The van der Waals surface area contributed by atoms with Crippen molar-refractivity contribution in [3.05, 3.63) is 78.6 Å². The molecule has 5 aromatic rings. The van der Waals surface area contributed by atoms with Gasteiger partial charge in [0.05, 0.1) is 16.6 Å². The van der Waals surface area contributed by atoms with E-state index in [1.54, 1.807) is 48.8 Å². The smallest absolute Gasteiger partial charge is 0.269 e. The molecule has 36 heavy (non-hydrogen) atoms. The predicted octanol–water partition coefficient (Wildman–Crippen LogP) is 3.29. The Balaban J connectivity index is 1.37. The van der Waals surface area contributed by atoms with Gasteiger partial charge in [0.25, 0.3) is 10.0 Å². The summed E-state index contributed by atoms with van der Waals surface area (Å²) in [5.74, 6) is 0.583. The Kier molecular flexibility index (Phi) is 5.66. The fourth-order valence-electron chi connectivity index (χ4n) is 5.35. The largest absolute Gasteiger partial charge is 0.388 e. The van der Waals surface area contributed by atoms with E-state index in [4.69, 9.17) is 0 Å². The number of imidazole rings is 1. The van der Waals surface area contributed by atoms with E-state index in [9.17, 15) is 13.5 Å². The van der Waals surface area contributed by atoms with E-state index in [0.717, 1.165) is 38.0 Å². The lowest BCUT2D eigenvalue weighted by Gasteiger charge is -2.33. The zero-order valence-corrected chi connectivity index (χ0v) is 20.8. The first-order valence-corrected chi connectivity index (χ1v) is 13.5. The molecule has 6 rings (SSSR count). The second-order valence-electron chi connectivity index (χ2n) is 9.41. The SMILES string of the molecule is Cn1ccc(CN2CCC(n3c(CO)nc4cnc5c(ccn5S(=O)(=O)c5ccccc5)c43)CC2)c1. The van der Waals surface area contributed by atoms with Crippen molar-refractivity contribution in [2.24, 2.45) is 7.05 Å². The van der Waals surface area contributed by atoms with E-state index < -0.39 is 10.0 Å². The minimum atomic E-state index is -3.80. The molecule has 4 aromatic heterocycles. The monoisotopic (exact) mass is 504 g/mol. The number of nitrogens with zero attached hydrogens (tertiary/aromatic N) is 6. The van der Waals surface area contributed by atoms with E-state index in [1.165, 1.54) is 9.54 Å². The Bertz CT molecular complexity index is 1640. The highest BCUT2D eigenvalue weighted by Gasteiger charge is 2.27. The van der Waals surface area contributed by atoms with Gasteiger partial charge in [-0.05, 0) is 42.7 Å². The van der Waals surface area contributed by atoms with Crippen molar-refractivity contribution in [3.63, 3.8) is 0 Å². The Morgan fingerprint density at radius 1 is 1.06 bits per heavy atom. The van der Waals surface area contributed by atoms with Crippen molar-refractivity contribution in [2.45, 2.75) is 36.9 Å². The number of hydrogen-bond acceptors (Lipinski definition) is 6. The Hall–Kier alpha value is -3.47. The van der Waals surface area contributed by atoms with Crippen LogP contribution in [0.15, 0.2) is 72.1 Å². The maximum atomic E-state index is 13.3. The van der Waals surface area contributed by atoms with Crippen LogP contribution in [0.1, 0.15) is 30.3 Å². The van der Waals surface area contributed by atoms with E-state index in [0.29, 0.717) is 22.4 Å². The lowest BCUT2D eigenvalue weighted by Crippen LogP contribution is -2.34. The molecular weight excluding hydrogens is 476 g/mol. The molecule has 9 nitrogen and oxygen atoms in total. The highest BCUT2D eigenvalue weighted by Crippen LogP contribution is 2.34. The molecule has 0 radical (unpaired) electrons. The molecule has 1 aliphatic rings. The maximum Gasteiger partial charge on any atom is 0.269 e. The van der Waals surface area contributed by atoms with Gasteiger partial charge in [-0.1, -0.05) is 18.2 Å². The zero-order chi connectivity index (χ0) is 24.9. The number of aliphatic hydroxyl groups is 1. The first kappa shape index (κ1) is 23.0. The number of aryl methyl sites for hydroxylation is 1. The summed E-state index contributed by atoms with van der Waals surface area (Å²) in [5, 5.41) is 10.9. The molecule has 0 unspecified atom stereocenters. The third-order valence-corrected chi connectivity index (χ3v) is 8.75. The number of aliphatic hydroxyl groups excluding tert-OH is 1. The van der Waals surface area contributed by atoms with Crippen LogP contribution in [0.3, 0.4) is 0 Å². The molecule has 1 N–H and O–H groups in total. The molecule has 0 bridgehead atoms. The molecule has 5 heterocycles. The van der Waals surface area contributed by atoms with Crippen molar-refractivity contribution in [2.75, 3.05) is 13.1 Å². The van der Waals surface area contributed by atoms with E-state index in [2.05, 4.69) is 42.5 Å². The third-order valence-electron chi connectivity index (χ3n) is 7.06. The van der Waals surface area contributed by atoms with Gasteiger partial charge in [-0.15, -0.1) is 0 Å². The Morgan fingerprint density at radius 2 is 1.83 bits per heavy atom. The van der Waals surface area contributed by atoms with Gasteiger partial charge in [0, 0.05) is 56.7 Å². The molecule has 1 fully saturated rings. The maximum absolute atomic E-state index is 13.3. The Morgan fingerprint density at radius 3 is 2.53 bits per heavy atom. The van der Waals surface area contributed by atoms with Crippen LogP contribution in [0.2, 0.25) is 0 Å². The summed E-state index contributed by atoms with van der Waals surface area (Å²) < 4.78 is 32.1. The van der Waals surface area contributed by atoms with Gasteiger partial charge in [0.15, 0.2) is 5.65 Å². The van der Waals surface area contributed by atoms with Crippen LogP contribution in [-0.4, -0.2) is 54.6 Å². The van der Waals surface area contributed by atoms with Crippen LogP contribution >= 0.6 is 0 Å². The quantitative estimate of drug-likeness (QED) is 0.381. The molecule has 0 saturated carbocycles. The Labute approximate surface area is 209 Å². The van der Waals surface area contributed by atoms with Crippen LogP contribution in [0.4, 0.5) is 0 Å². The number of fused-ring (bicyclic) bond motifs is 3. The van der Waals surface area contributed by atoms with Crippen LogP contribution in [0.25, 0.3) is 22.1 Å². The molecule has 1 saturated heterocycles. The lowest BCUT2D eigenvalue weighted by atomic mass is 10.0. The topological polar surface area (TPSA) is 98.2 Å². The van der Waals surface area contributed by atoms with Crippen molar-refractivity contribution in [1.29, 1.82) is 0 Å². The van der Waals surface area contributed by atoms with Crippen molar-refractivity contribution in [1.82, 2.24) is 28.0 Å².